The first kappa shape index (κ1) is 13.4. The summed E-state index contributed by atoms with van der Waals surface area (Å²) in [5.41, 5.74) is 2.97. The van der Waals surface area contributed by atoms with E-state index in [4.69, 9.17) is 0 Å². The van der Waals surface area contributed by atoms with Crippen LogP contribution in [-0.2, 0) is 0 Å². The number of fused-ring (bicyclic) bond motifs is 1. The lowest BCUT2D eigenvalue weighted by atomic mass is 10.1. The average molecular weight is 269 g/mol. The van der Waals surface area contributed by atoms with Crippen molar-refractivity contribution in [1.82, 2.24) is 19.6 Å². The maximum Gasteiger partial charge on any atom is 0.162 e. The summed E-state index contributed by atoms with van der Waals surface area (Å²) in [6.07, 6.45) is 9.00. The zero-order valence-electron chi connectivity index (χ0n) is 8.72. The molecule has 17 heavy (non-hydrogen) atoms. The summed E-state index contributed by atoms with van der Waals surface area (Å²) in [6, 6.07) is 5.76. The van der Waals surface area contributed by atoms with Crippen molar-refractivity contribution < 1.29 is 0 Å². The summed E-state index contributed by atoms with van der Waals surface area (Å²) in [4.78, 5) is 8.29. The Labute approximate surface area is 111 Å². The van der Waals surface area contributed by atoms with Gasteiger partial charge in [-0.3, -0.25) is 4.98 Å². The standard InChI is InChI=1S/C11H8N4.2ClH/c1-4-13-11-10(8-14-15(11)7-1)9-2-5-12-6-3-9;;/h1-8H;2*1H. The molecule has 0 atom stereocenters. The molecule has 3 heterocycles. The number of aromatic nitrogens is 4. The van der Waals surface area contributed by atoms with Gasteiger partial charge in [0.2, 0.25) is 0 Å². The Bertz CT molecular complexity index is 594. The lowest BCUT2D eigenvalue weighted by Crippen LogP contribution is -1.87. The fourth-order valence-electron chi connectivity index (χ4n) is 1.56. The number of hydrogen-bond acceptors (Lipinski definition) is 3. The highest BCUT2D eigenvalue weighted by Gasteiger charge is 2.05. The Hall–Kier alpha value is -1.65. The van der Waals surface area contributed by atoms with Gasteiger partial charge in [0.15, 0.2) is 5.65 Å². The van der Waals surface area contributed by atoms with Crippen molar-refractivity contribution in [2.75, 3.05) is 0 Å². The van der Waals surface area contributed by atoms with Gasteiger partial charge in [-0.2, -0.15) is 5.10 Å². The van der Waals surface area contributed by atoms with Crippen LogP contribution in [-0.4, -0.2) is 19.6 Å². The number of pyridine rings is 1. The Morgan fingerprint density at radius 2 is 1.76 bits per heavy atom. The lowest BCUT2D eigenvalue weighted by Gasteiger charge is -1.96. The van der Waals surface area contributed by atoms with E-state index in [0.717, 1.165) is 16.8 Å². The second-order valence-corrected chi connectivity index (χ2v) is 3.18. The first-order valence-electron chi connectivity index (χ1n) is 4.64. The maximum absolute atomic E-state index is 4.30. The van der Waals surface area contributed by atoms with Gasteiger partial charge in [0, 0.05) is 30.4 Å². The predicted octanol–water partition coefficient (Wildman–Crippen LogP) is 2.63. The van der Waals surface area contributed by atoms with Crippen molar-refractivity contribution in [2.45, 2.75) is 0 Å². The van der Waals surface area contributed by atoms with E-state index < -0.39 is 0 Å². The van der Waals surface area contributed by atoms with Crippen LogP contribution in [0.5, 0.6) is 0 Å². The van der Waals surface area contributed by atoms with Crippen LogP contribution in [0.1, 0.15) is 0 Å². The molecule has 0 N–H and O–H groups in total. The van der Waals surface area contributed by atoms with Crippen LogP contribution in [0.15, 0.2) is 49.2 Å². The normalized spacial score (nSPS) is 9.41. The van der Waals surface area contributed by atoms with Gasteiger partial charge in [0.05, 0.1) is 6.20 Å². The third-order valence-electron chi connectivity index (χ3n) is 2.27. The molecule has 0 spiro atoms. The third-order valence-corrected chi connectivity index (χ3v) is 2.27. The van der Waals surface area contributed by atoms with E-state index in [1.807, 2.05) is 30.6 Å². The second kappa shape index (κ2) is 5.61. The highest BCUT2D eigenvalue weighted by atomic mass is 35.5. The van der Waals surface area contributed by atoms with Crippen molar-refractivity contribution in [2.24, 2.45) is 0 Å². The molecule has 0 aliphatic rings. The van der Waals surface area contributed by atoms with Gasteiger partial charge < -0.3 is 0 Å². The van der Waals surface area contributed by atoms with E-state index in [0.29, 0.717) is 0 Å². The van der Waals surface area contributed by atoms with E-state index in [2.05, 4.69) is 15.1 Å². The molecule has 88 valence electrons. The van der Waals surface area contributed by atoms with Crippen molar-refractivity contribution in [3.63, 3.8) is 0 Å². The van der Waals surface area contributed by atoms with Gasteiger partial charge >= 0.3 is 0 Å². The van der Waals surface area contributed by atoms with Crippen LogP contribution in [0.3, 0.4) is 0 Å². The van der Waals surface area contributed by atoms with E-state index in [1.165, 1.54) is 0 Å². The Kier molecular flexibility index (Phi) is 4.43. The van der Waals surface area contributed by atoms with E-state index in [9.17, 15) is 0 Å². The molecule has 0 saturated heterocycles. The van der Waals surface area contributed by atoms with Gasteiger partial charge in [0.1, 0.15) is 0 Å². The van der Waals surface area contributed by atoms with Crippen LogP contribution in [0.25, 0.3) is 16.8 Å². The first-order chi connectivity index (χ1) is 7.45. The van der Waals surface area contributed by atoms with Crippen LogP contribution in [0.2, 0.25) is 0 Å². The minimum Gasteiger partial charge on any atom is -0.265 e. The summed E-state index contributed by atoms with van der Waals surface area (Å²) in [7, 11) is 0. The molecule has 0 saturated carbocycles. The molecule has 0 unspecified atom stereocenters. The summed E-state index contributed by atoms with van der Waals surface area (Å²) in [6.45, 7) is 0. The number of nitrogens with zero attached hydrogens (tertiary/aromatic N) is 4. The summed E-state index contributed by atoms with van der Waals surface area (Å²) in [5.74, 6) is 0. The van der Waals surface area contributed by atoms with Gasteiger partial charge in [-0.15, -0.1) is 24.8 Å². The van der Waals surface area contributed by atoms with Crippen LogP contribution < -0.4 is 0 Å². The Morgan fingerprint density at radius 1 is 1.00 bits per heavy atom. The Morgan fingerprint density at radius 3 is 2.53 bits per heavy atom. The lowest BCUT2D eigenvalue weighted by molar-refractivity contribution is 0.939. The highest BCUT2D eigenvalue weighted by Crippen LogP contribution is 2.21. The Balaban J connectivity index is 0.000000722. The molecule has 0 aliphatic carbocycles. The topological polar surface area (TPSA) is 43.1 Å². The molecule has 3 aromatic heterocycles. The number of hydrogen-bond donors (Lipinski definition) is 0. The maximum atomic E-state index is 4.30. The van der Waals surface area contributed by atoms with E-state index in [-0.39, 0.29) is 24.8 Å². The molecule has 3 aromatic rings. The van der Waals surface area contributed by atoms with Crippen molar-refractivity contribution in [3.8, 4) is 11.1 Å². The van der Waals surface area contributed by atoms with Crippen molar-refractivity contribution in [3.05, 3.63) is 49.2 Å². The van der Waals surface area contributed by atoms with E-state index >= 15 is 0 Å². The zero-order valence-corrected chi connectivity index (χ0v) is 10.4. The summed E-state index contributed by atoms with van der Waals surface area (Å²) >= 11 is 0. The van der Waals surface area contributed by atoms with Crippen LogP contribution in [0.4, 0.5) is 0 Å². The molecular formula is C11H10Cl2N4. The smallest absolute Gasteiger partial charge is 0.162 e. The molecule has 6 heteroatoms. The summed E-state index contributed by atoms with van der Waals surface area (Å²) in [5, 5.41) is 4.23. The highest BCUT2D eigenvalue weighted by molar-refractivity contribution is 5.85. The molecule has 0 radical (unpaired) electrons. The zero-order chi connectivity index (χ0) is 10.1. The second-order valence-electron chi connectivity index (χ2n) is 3.18. The fraction of sp³-hybridized carbons (Fsp3) is 0. The molecule has 3 rings (SSSR count). The minimum absolute atomic E-state index is 0. The fourth-order valence-corrected chi connectivity index (χ4v) is 1.56. The molecule has 0 bridgehead atoms. The molecule has 4 nitrogen and oxygen atoms in total. The molecule has 0 aliphatic heterocycles. The van der Waals surface area contributed by atoms with Gasteiger partial charge in [-0.25, -0.2) is 9.50 Å². The van der Waals surface area contributed by atoms with E-state index in [1.54, 1.807) is 23.1 Å². The third kappa shape index (κ3) is 2.38. The van der Waals surface area contributed by atoms with Gasteiger partial charge in [0.25, 0.3) is 0 Å². The predicted molar refractivity (Wildman–Crippen MR) is 70.7 cm³/mol. The molecule has 0 fully saturated rings. The van der Waals surface area contributed by atoms with Gasteiger partial charge in [-0.1, -0.05) is 0 Å². The van der Waals surface area contributed by atoms with Crippen LogP contribution in [0, 0.1) is 0 Å². The number of halogens is 2. The van der Waals surface area contributed by atoms with Crippen molar-refractivity contribution >= 4 is 30.5 Å². The number of rotatable bonds is 1. The quantitative estimate of drug-likeness (QED) is 0.682. The van der Waals surface area contributed by atoms with Crippen molar-refractivity contribution in [1.29, 1.82) is 0 Å². The summed E-state index contributed by atoms with van der Waals surface area (Å²) < 4.78 is 1.76. The molecular weight excluding hydrogens is 259 g/mol. The molecule has 0 amide bonds. The first-order valence-corrected chi connectivity index (χ1v) is 4.64. The molecule has 0 aromatic carbocycles. The van der Waals surface area contributed by atoms with Crippen LogP contribution >= 0.6 is 24.8 Å². The minimum atomic E-state index is 0. The largest absolute Gasteiger partial charge is 0.265 e. The van der Waals surface area contributed by atoms with Gasteiger partial charge in [-0.05, 0) is 23.8 Å². The SMILES string of the molecule is Cl.Cl.c1cnc2c(-c3ccncc3)cnn2c1. The monoisotopic (exact) mass is 268 g/mol. The average Bonchev–Trinajstić information content (AvgIpc) is 2.74.